The van der Waals surface area contributed by atoms with Crippen molar-refractivity contribution in [2.45, 2.75) is 37.4 Å². The molecule has 0 unspecified atom stereocenters. The molecule has 172 valence electrons. The van der Waals surface area contributed by atoms with Crippen molar-refractivity contribution in [2.75, 3.05) is 31.4 Å². The molecule has 0 saturated heterocycles. The Hall–Kier alpha value is -2.90. The third-order valence-electron chi connectivity index (χ3n) is 6.10. The standard InChI is InChI=1S/C26H30N4O2S/c1-26(2)21-12-8-9-13-22(21)29(3)23(26)17-20(31)18-33-25-28-27-24(30(25)14-15-32-4)16-19-10-6-5-7-11-19/h5-13,17H,14-16,18H2,1-4H3/b23-17-. The van der Waals surface area contributed by atoms with Gasteiger partial charge in [-0.2, -0.15) is 0 Å². The number of hydrogen-bond acceptors (Lipinski definition) is 6. The lowest BCUT2D eigenvalue weighted by Gasteiger charge is -2.23. The molecular weight excluding hydrogens is 432 g/mol. The second-order valence-corrected chi connectivity index (χ2v) is 9.63. The summed E-state index contributed by atoms with van der Waals surface area (Å²) in [7, 11) is 3.71. The molecular formula is C26H30N4O2S. The molecule has 3 aromatic rings. The lowest BCUT2D eigenvalue weighted by Crippen LogP contribution is -2.24. The van der Waals surface area contributed by atoms with Crippen LogP contribution in [0.25, 0.3) is 0 Å². The molecule has 6 nitrogen and oxygen atoms in total. The van der Waals surface area contributed by atoms with Crippen molar-refractivity contribution in [3.8, 4) is 0 Å². The second kappa shape index (κ2) is 9.93. The number of hydrogen-bond donors (Lipinski definition) is 0. The second-order valence-electron chi connectivity index (χ2n) is 8.69. The maximum Gasteiger partial charge on any atom is 0.191 e. The Labute approximate surface area is 199 Å². The summed E-state index contributed by atoms with van der Waals surface area (Å²) < 4.78 is 7.35. The van der Waals surface area contributed by atoms with Gasteiger partial charge in [0.2, 0.25) is 0 Å². The zero-order chi connectivity index (χ0) is 23.4. The van der Waals surface area contributed by atoms with Gasteiger partial charge in [0.05, 0.1) is 12.4 Å². The number of aromatic nitrogens is 3. The number of likely N-dealkylation sites (N-methyl/N-ethyl adjacent to an activating group) is 1. The average Bonchev–Trinajstić information content (AvgIpc) is 3.28. The normalized spacial score (nSPS) is 15.8. The van der Waals surface area contributed by atoms with E-state index in [4.69, 9.17) is 4.74 Å². The molecule has 2 heterocycles. The summed E-state index contributed by atoms with van der Waals surface area (Å²) in [6.45, 7) is 5.54. The van der Waals surface area contributed by atoms with Gasteiger partial charge in [0.15, 0.2) is 10.9 Å². The van der Waals surface area contributed by atoms with Gasteiger partial charge in [-0.3, -0.25) is 4.79 Å². The zero-order valence-corrected chi connectivity index (χ0v) is 20.4. The third kappa shape index (κ3) is 4.89. The minimum absolute atomic E-state index is 0.0635. The van der Waals surface area contributed by atoms with Crippen molar-refractivity contribution < 1.29 is 9.53 Å². The molecule has 0 atom stereocenters. The van der Waals surface area contributed by atoms with Gasteiger partial charge in [0.25, 0.3) is 0 Å². The molecule has 7 heteroatoms. The summed E-state index contributed by atoms with van der Waals surface area (Å²) in [5.41, 5.74) is 4.36. The van der Waals surface area contributed by atoms with Gasteiger partial charge in [-0.25, -0.2) is 0 Å². The summed E-state index contributed by atoms with van der Waals surface area (Å²) in [6.07, 6.45) is 2.47. The first-order valence-electron chi connectivity index (χ1n) is 11.1. The number of nitrogens with zero attached hydrogens (tertiary/aromatic N) is 4. The molecule has 0 spiro atoms. The molecule has 0 aliphatic carbocycles. The number of benzene rings is 2. The first kappa shape index (κ1) is 23.3. The van der Waals surface area contributed by atoms with Gasteiger partial charge >= 0.3 is 0 Å². The summed E-state index contributed by atoms with van der Waals surface area (Å²) >= 11 is 1.43. The summed E-state index contributed by atoms with van der Waals surface area (Å²) in [4.78, 5) is 15.1. The van der Waals surface area contributed by atoms with Crippen molar-refractivity contribution in [3.63, 3.8) is 0 Å². The third-order valence-corrected chi connectivity index (χ3v) is 7.09. The predicted octanol–water partition coefficient (Wildman–Crippen LogP) is 4.49. The molecule has 33 heavy (non-hydrogen) atoms. The van der Waals surface area contributed by atoms with E-state index < -0.39 is 0 Å². The monoisotopic (exact) mass is 462 g/mol. The number of para-hydroxylation sites is 1. The van der Waals surface area contributed by atoms with E-state index in [1.165, 1.54) is 22.9 Å². The molecule has 1 aliphatic rings. The van der Waals surface area contributed by atoms with Crippen LogP contribution in [0, 0.1) is 0 Å². The van der Waals surface area contributed by atoms with Crippen molar-refractivity contribution in [3.05, 3.63) is 83.3 Å². The van der Waals surface area contributed by atoms with Gasteiger partial charge in [-0.05, 0) is 17.2 Å². The van der Waals surface area contributed by atoms with E-state index in [0.29, 0.717) is 25.3 Å². The predicted molar refractivity (Wildman–Crippen MR) is 133 cm³/mol. The topological polar surface area (TPSA) is 60.2 Å². The highest BCUT2D eigenvalue weighted by Crippen LogP contribution is 2.46. The highest BCUT2D eigenvalue weighted by atomic mass is 32.2. The van der Waals surface area contributed by atoms with Crippen LogP contribution < -0.4 is 4.90 Å². The van der Waals surface area contributed by atoms with Crippen LogP contribution in [0.1, 0.15) is 30.8 Å². The molecule has 0 bridgehead atoms. The number of carbonyl (C=O) groups excluding carboxylic acids is 1. The zero-order valence-electron chi connectivity index (χ0n) is 19.6. The number of fused-ring (bicyclic) bond motifs is 1. The first-order chi connectivity index (χ1) is 15.9. The number of thioether (sulfide) groups is 1. The summed E-state index contributed by atoms with van der Waals surface area (Å²) in [5, 5.41) is 9.53. The molecule has 4 rings (SSSR count). The summed E-state index contributed by atoms with van der Waals surface area (Å²) in [6, 6.07) is 18.5. The molecule has 1 aromatic heterocycles. The fourth-order valence-corrected chi connectivity index (χ4v) is 5.14. The lowest BCUT2D eigenvalue weighted by atomic mass is 9.83. The summed E-state index contributed by atoms with van der Waals surface area (Å²) in [5.74, 6) is 1.24. The van der Waals surface area contributed by atoms with E-state index in [2.05, 4.69) is 63.8 Å². The number of rotatable bonds is 9. The van der Waals surface area contributed by atoms with Crippen LogP contribution in [0.4, 0.5) is 5.69 Å². The molecule has 0 saturated carbocycles. The van der Waals surface area contributed by atoms with E-state index >= 15 is 0 Å². The van der Waals surface area contributed by atoms with Crippen molar-refractivity contribution in [1.29, 1.82) is 0 Å². The van der Waals surface area contributed by atoms with E-state index in [0.717, 1.165) is 22.4 Å². The number of ketones is 1. The van der Waals surface area contributed by atoms with Gasteiger partial charge in [0.1, 0.15) is 5.82 Å². The molecule has 1 aliphatic heterocycles. The van der Waals surface area contributed by atoms with Crippen LogP contribution in [0.15, 0.2) is 71.5 Å². The van der Waals surface area contributed by atoms with E-state index in [9.17, 15) is 4.79 Å². The fraction of sp³-hybridized carbons (Fsp3) is 0.346. The number of ether oxygens (including phenoxy) is 1. The minimum atomic E-state index is -0.215. The Morgan fingerprint density at radius 1 is 1.09 bits per heavy atom. The van der Waals surface area contributed by atoms with Crippen LogP contribution in [-0.2, 0) is 27.9 Å². The Kier molecular flexibility index (Phi) is 7.00. The SMILES string of the molecule is COCCn1c(Cc2ccccc2)nnc1SCC(=O)/C=C1\N(C)c2ccccc2C1(C)C. The Bertz CT molecular complexity index is 1150. The van der Waals surface area contributed by atoms with Crippen LogP contribution in [0.5, 0.6) is 0 Å². The average molecular weight is 463 g/mol. The van der Waals surface area contributed by atoms with Gasteiger partial charge in [-0.15, -0.1) is 10.2 Å². The molecule has 0 fully saturated rings. The Morgan fingerprint density at radius 3 is 2.55 bits per heavy atom. The Balaban J connectivity index is 1.49. The maximum absolute atomic E-state index is 13.0. The fourth-order valence-electron chi connectivity index (χ4n) is 4.33. The van der Waals surface area contributed by atoms with Gasteiger partial charge in [0, 0.05) is 50.0 Å². The van der Waals surface area contributed by atoms with E-state index in [1.807, 2.05) is 31.3 Å². The van der Waals surface area contributed by atoms with Crippen molar-refractivity contribution in [1.82, 2.24) is 14.8 Å². The molecule has 0 amide bonds. The quantitative estimate of drug-likeness (QED) is 0.345. The van der Waals surface area contributed by atoms with Crippen molar-refractivity contribution >= 4 is 23.2 Å². The molecule has 0 N–H and O–H groups in total. The highest BCUT2D eigenvalue weighted by molar-refractivity contribution is 7.99. The first-order valence-corrected chi connectivity index (χ1v) is 12.1. The van der Waals surface area contributed by atoms with Crippen LogP contribution >= 0.6 is 11.8 Å². The van der Waals surface area contributed by atoms with Gasteiger partial charge < -0.3 is 14.2 Å². The van der Waals surface area contributed by atoms with Crippen LogP contribution in [0.3, 0.4) is 0 Å². The van der Waals surface area contributed by atoms with Crippen LogP contribution in [0.2, 0.25) is 0 Å². The van der Waals surface area contributed by atoms with Gasteiger partial charge in [-0.1, -0.05) is 74.1 Å². The molecule has 0 radical (unpaired) electrons. The largest absolute Gasteiger partial charge is 0.383 e. The number of allylic oxidation sites excluding steroid dienone is 2. The number of methoxy groups -OCH3 is 1. The lowest BCUT2D eigenvalue weighted by molar-refractivity contribution is -0.112. The van der Waals surface area contributed by atoms with E-state index in [-0.39, 0.29) is 11.2 Å². The number of anilines is 1. The van der Waals surface area contributed by atoms with Crippen LogP contribution in [-0.4, -0.2) is 47.1 Å². The van der Waals surface area contributed by atoms with Crippen molar-refractivity contribution in [2.24, 2.45) is 0 Å². The Morgan fingerprint density at radius 2 is 1.82 bits per heavy atom. The molecule has 2 aromatic carbocycles. The maximum atomic E-state index is 13.0. The highest BCUT2D eigenvalue weighted by Gasteiger charge is 2.38. The van der Waals surface area contributed by atoms with E-state index in [1.54, 1.807) is 13.2 Å². The minimum Gasteiger partial charge on any atom is -0.383 e. The smallest absolute Gasteiger partial charge is 0.191 e. The number of carbonyl (C=O) groups is 1.